The lowest BCUT2D eigenvalue weighted by Gasteiger charge is -2.38. The van der Waals surface area contributed by atoms with Gasteiger partial charge >= 0.3 is 0 Å². The molecule has 1 saturated heterocycles. The molecule has 2 unspecified atom stereocenters. The quantitative estimate of drug-likeness (QED) is 0.672. The first-order valence-corrected chi connectivity index (χ1v) is 5.36. The molecule has 0 saturated carbocycles. The second-order valence-electron chi connectivity index (χ2n) is 5.73. The monoisotopic (exact) mass is 184 g/mol. The van der Waals surface area contributed by atoms with Crippen LogP contribution in [0.3, 0.4) is 0 Å². The van der Waals surface area contributed by atoms with Gasteiger partial charge in [-0.25, -0.2) is 0 Å². The van der Waals surface area contributed by atoms with E-state index in [9.17, 15) is 0 Å². The normalized spacial score (nSPS) is 32.1. The van der Waals surface area contributed by atoms with E-state index in [1.807, 2.05) is 0 Å². The van der Waals surface area contributed by atoms with Crippen molar-refractivity contribution in [2.24, 2.45) is 17.1 Å². The van der Waals surface area contributed by atoms with Crippen molar-refractivity contribution >= 4 is 0 Å². The summed E-state index contributed by atoms with van der Waals surface area (Å²) in [5.74, 6) is 0.705. The van der Waals surface area contributed by atoms with Crippen molar-refractivity contribution < 1.29 is 0 Å². The molecule has 0 spiro atoms. The van der Waals surface area contributed by atoms with Crippen LogP contribution in [0.5, 0.6) is 0 Å². The van der Waals surface area contributed by atoms with Gasteiger partial charge in [0.25, 0.3) is 0 Å². The maximum atomic E-state index is 6.05. The molecule has 0 aromatic heterocycles. The minimum Gasteiger partial charge on any atom is -0.326 e. The van der Waals surface area contributed by atoms with Gasteiger partial charge in [-0.05, 0) is 24.3 Å². The molecule has 0 aromatic rings. The number of piperidine rings is 1. The topological polar surface area (TPSA) is 29.3 Å². The number of rotatable bonds is 1. The van der Waals surface area contributed by atoms with Crippen LogP contribution >= 0.6 is 0 Å². The molecule has 78 valence electrons. The third-order valence-corrected chi connectivity index (χ3v) is 2.80. The highest BCUT2D eigenvalue weighted by molar-refractivity contribution is 4.82. The van der Waals surface area contributed by atoms with E-state index in [0.717, 1.165) is 6.54 Å². The van der Waals surface area contributed by atoms with Crippen LogP contribution in [0.25, 0.3) is 0 Å². The Hall–Kier alpha value is -0.0800. The third-order valence-electron chi connectivity index (χ3n) is 2.80. The highest BCUT2D eigenvalue weighted by atomic mass is 15.2. The molecule has 2 atom stereocenters. The van der Waals surface area contributed by atoms with Crippen molar-refractivity contribution in [3.63, 3.8) is 0 Å². The van der Waals surface area contributed by atoms with Crippen LogP contribution in [0.15, 0.2) is 0 Å². The Morgan fingerprint density at radius 2 is 2.00 bits per heavy atom. The summed E-state index contributed by atoms with van der Waals surface area (Å²) in [6.07, 6.45) is 1.26. The summed E-state index contributed by atoms with van der Waals surface area (Å²) in [5, 5.41) is 0. The molecular weight excluding hydrogens is 160 g/mol. The lowest BCUT2D eigenvalue weighted by Crippen LogP contribution is -2.49. The zero-order chi connectivity index (χ0) is 10.1. The lowest BCUT2D eigenvalue weighted by molar-refractivity contribution is 0.126. The molecule has 0 aromatic carbocycles. The molecule has 2 heteroatoms. The number of likely N-dealkylation sites (tertiary alicyclic amines) is 1. The molecule has 0 radical (unpaired) electrons. The van der Waals surface area contributed by atoms with Crippen LogP contribution in [-0.4, -0.2) is 30.6 Å². The van der Waals surface area contributed by atoms with Crippen LogP contribution in [0.2, 0.25) is 0 Å². The summed E-state index contributed by atoms with van der Waals surface area (Å²) in [7, 11) is 0. The van der Waals surface area contributed by atoms with Gasteiger partial charge in [-0.2, -0.15) is 0 Å². The van der Waals surface area contributed by atoms with E-state index in [1.54, 1.807) is 0 Å². The first kappa shape index (κ1) is 11.0. The minimum atomic E-state index is 0.385. The van der Waals surface area contributed by atoms with Crippen LogP contribution < -0.4 is 5.73 Å². The van der Waals surface area contributed by atoms with Gasteiger partial charge in [0.15, 0.2) is 0 Å². The molecule has 1 fully saturated rings. The van der Waals surface area contributed by atoms with Crippen LogP contribution in [0.4, 0.5) is 0 Å². The summed E-state index contributed by atoms with van der Waals surface area (Å²) >= 11 is 0. The first-order chi connectivity index (χ1) is 5.88. The van der Waals surface area contributed by atoms with Crippen molar-refractivity contribution in [3.8, 4) is 0 Å². The first-order valence-electron chi connectivity index (χ1n) is 5.36. The zero-order valence-electron chi connectivity index (χ0n) is 9.51. The van der Waals surface area contributed by atoms with Gasteiger partial charge < -0.3 is 10.6 Å². The molecule has 0 aliphatic carbocycles. The zero-order valence-corrected chi connectivity index (χ0v) is 9.51. The Morgan fingerprint density at radius 3 is 2.46 bits per heavy atom. The van der Waals surface area contributed by atoms with E-state index < -0.39 is 0 Å². The van der Waals surface area contributed by atoms with E-state index in [-0.39, 0.29) is 0 Å². The predicted molar refractivity (Wildman–Crippen MR) is 57.7 cm³/mol. The fourth-order valence-corrected chi connectivity index (χ4v) is 1.98. The molecule has 1 heterocycles. The maximum absolute atomic E-state index is 6.05. The number of nitrogens with zero attached hydrogens (tertiary/aromatic N) is 1. The Kier molecular flexibility index (Phi) is 3.36. The fraction of sp³-hybridized carbons (Fsp3) is 1.00. The third kappa shape index (κ3) is 3.65. The van der Waals surface area contributed by atoms with Gasteiger partial charge in [0.1, 0.15) is 0 Å². The van der Waals surface area contributed by atoms with E-state index in [1.165, 1.54) is 19.5 Å². The van der Waals surface area contributed by atoms with Crippen LogP contribution in [0, 0.1) is 11.3 Å². The average molecular weight is 184 g/mol. The van der Waals surface area contributed by atoms with Crippen LogP contribution in [0.1, 0.15) is 34.1 Å². The smallest absolute Gasteiger partial charge is 0.0194 e. The number of hydrogen-bond acceptors (Lipinski definition) is 2. The summed E-state index contributed by atoms with van der Waals surface area (Å²) in [4.78, 5) is 2.50. The summed E-state index contributed by atoms with van der Waals surface area (Å²) < 4.78 is 0. The van der Waals surface area contributed by atoms with Gasteiger partial charge in [-0.1, -0.05) is 27.7 Å². The van der Waals surface area contributed by atoms with Gasteiger partial charge in [0.2, 0.25) is 0 Å². The molecule has 1 rings (SSSR count). The molecule has 0 amide bonds. The second-order valence-corrected chi connectivity index (χ2v) is 5.73. The SMILES string of the molecule is CC1CCN(CC(C)(C)C)CC1N. The highest BCUT2D eigenvalue weighted by Gasteiger charge is 2.25. The Bertz CT molecular complexity index is 160. The largest absolute Gasteiger partial charge is 0.326 e. The van der Waals surface area contributed by atoms with E-state index in [4.69, 9.17) is 5.73 Å². The van der Waals surface area contributed by atoms with Crippen molar-refractivity contribution in [2.45, 2.75) is 40.2 Å². The highest BCUT2D eigenvalue weighted by Crippen LogP contribution is 2.20. The summed E-state index contributed by atoms with van der Waals surface area (Å²) in [6.45, 7) is 12.6. The van der Waals surface area contributed by atoms with Gasteiger partial charge in [0.05, 0.1) is 0 Å². The molecule has 1 aliphatic heterocycles. The Balaban J connectivity index is 2.38. The summed E-state index contributed by atoms with van der Waals surface area (Å²) in [5.41, 5.74) is 6.45. The Labute approximate surface area is 82.5 Å². The Morgan fingerprint density at radius 1 is 1.38 bits per heavy atom. The molecule has 0 bridgehead atoms. The number of hydrogen-bond donors (Lipinski definition) is 1. The van der Waals surface area contributed by atoms with Crippen molar-refractivity contribution in [1.82, 2.24) is 4.90 Å². The predicted octanol–water partition coefficient (Wildman–Crippen LogP) is 1.70. The maximum Gasteiger partial charge on any atom is 0.0194 e. The molecule has 1 aliphatic rings. The van der Waals surface area contributed by atoms with E-state index in [0.29, 0.717) is 17.4 Å². The van der Waals surface area contributed by atoms with E-state index >= 15 is 0 Å². The average Bonchev–Trinajstić information content (AvgIpc) is 1.94. The minimum absolute atomic E-state index is 0.385. The van der Waals surface area contributed by atoms with Crippen molar-refractivity contribution in [3.05, 3.63) is 0 Å². The van der Waals surface area contributed by atoms with Gasteiger partial charge in [0, 0.05) is 19.1 Å². The van der Waals surface area contributed by atoms with Crippen molar-refractivity contribution in [2.75, 3.05) is 19.6 Å². The summed E-state index contributed by atoms with van der Waals surface area (Å²) in [6, 6.07) is 0.385. The molecule has 13 heavy (non-hydrogen) atoms. The number of nitrogens with two attached hydrogens (primary N) is 1. The van der Waals surface area contributed by atoms with E-state index in [2.05, 4.69) is 32.6 Å². The lowest BCUT2D eigenvalue weighted by atomic mass is 9.90. The van der Waals surface area contributed by atoms with Crippen molar-refractivity contribution in [1.29, 1.82) is 0 Å². The van der Waals surface area contributed by atoms with Gasteiger partial charge in [-0.3, -0.25) is 0 Å². The standard InChI is InChI=1S/C11H24N2/c1-9-5-6-13(7-10(9)12)8-11(2,3)4/h9-10H,5-8,12H2,1-4H3. The van der Waals surface area contributed by atoms with Crippen LogP contribution in [-0.2, 0) is 0 Å². The molecule has 2 N–H and O–H groups in total. The fourth-order valence-electron chi connectivity index (χ4n) is 1.98. The molecule has 2 nitrogen and oxygen atoms in total. The van der Waals surface area contributed by atoms with Gasteiger partial charge in [-0.15, -0.1) is 0 Å². The second kappa shape index (κ2) is 3.97. The molecular formula is C11H24N2.